The van der Waals surface area contributed by atoms with Gasteiger partial charge in [0.05, 0.1) is 13.2 Å². The van der Waals surface area contributed by atoms with Gasteiger partial charge in [0.15, 0.2) is 5.41 Å². The van der Waals surface area contributed by atoms with Crippen LogP contribution in [-0.4, -0.2) is 25.2 Å². The molecular formula is C19H32O4. The predicted octanol–water partition coefficient (Wildman–Crippen LogP) is 4.12. The van der Waals surface area contributed by atoms with Crippen LogP contribution >= 0.6 is 0 Å². The quantitative estimate of drug-likeness (QED) is 0.364. The van der Waals surface area contributed by atoms with Crippen molar-refractivity contribution in [3.05, 3.63) is 0 Å². The second-order valence-corrected chi connectivity index (χ2v) is 7.13. The summed E-state index contributed by atoms with van der Waals surface area (Å²) in [7, 11) is 0. The van der Waals surface area contributed by atoms with Gasteiger partial charge in [-0.2, -0.15) is 0 Å². The van der Waals surface area contributed by atoms with Crippen molar-refractivity contribution in [1.82, 2.24) is 0 Å². The van der Waals surface area contributed by atoms with Crippen LogP contribution in [0.15, 0.2) is 0 Å². The van der Waals surface area contributed by atoms with Gasteiger partial charge < -0.3 is 9.47 Å². The van der Waals surface area contributed by atoms with E-state index < -0.39 is 5.41 Å². The summed E-state index contributed by atoms with van der Waals surface area (Å²) >= 11 is 0. The lowest BCUT2D eigenvalue weighted by atomic mass is 9.65. The molecule has 2 aliphatic carbocycles. The molecule has 0 aromatic heterocycles. The lowest BCUT2D eigenvalue weighted by Gasteiger charge is -2.39. The van der Waals surface area contributed by atoms with Gasteiger partial charge >= 0.3 is 11.9 Å². The summed E-state index contributed by atoms with van der Waals surface area (Å²) in [5, 5.41) is 0. The van der Waals surface area contributed by atoms with Crippen molar-refractivity contribution in [3.63, 3.8) is 0 Å². The third kappa shape index (κ3) is 3.27. The molecule has 0 radical (unpaired) electrons. The van der Waals surface area contributed by atoms with Gasteiger partial charge in [-0.05, 0) is 49.9 Å². The van der Waals surface area contributed by atoms with E-state index in [1.54, 1.807) is 0 Å². The average Bonchev–Trinajstić information content (AvgIpc) is 3.14. The summed E-state index contributed by atoms with van der Waals surface area (Å²) in [4.78, 5) is 25.9. The lowest BCUT2D eigenvalue weighted by molar-refractivity contribution is -0.182. The molecule has 23 heavy (non-hydrogen) atoms. The van der Waals surface area contributed by atoms with Crippen molar-refractivity contribution in [1.29, 1.82) is 0 Å². The predicted molar refractivity (Wildman–Crippen MR) is 88.8 cm³/mol. The van der Waals surface area contributed by atoms with E-state index in [1.165, 1.54) is 0 Å². The summed E-state index contributed by atoms with van der Waals surface area (Å²) in [6.45, 7) is 7.03. The zero-order valence-electron chi connectivity index (χ0n) is 14.9. The number of hydrogen-bond acceptors (Lipinski definition) is 4. The van der Waals surface area contributed by atoms with Crippen molar-refractivity contribution in [2.45, 2.75) is 72.1 Å². The number of rotatable bonds is 9. The highest BCUT2D eigenvalue weighted by molar-refractivity contribution is 6.01. The number of hydrogen-bond donors (Lipinski definition) is 0. The number of ether oxygens (including phenoxy) is 2. The maximum absolute atomic E-state index is 13.0. The molecule has 0 heterocycles. The largest absolute Gasteiger partial charge is 0.465 e. The minimum Gasteiger partial charge on any atom is -0.465 e. The first kappa shape index (κ1) is 18.3. The van der Waals surface area contributed by atoms with Gasteiger partial charge in [-0.25, -0.2) is 0 Å². The van der Waals surface area contributed by atoms with Crippen molar-refractivity contribution in [2.24, 2.45) is 23.2 Å². The topological polar surface area (TPSA) is 52.6 Å². The van der Waals surface area contributed by atoms with Crippen LogP contribution in [0.2, 0.25) is 0 Å². The van der Waals surface area contributed by atoms with Crippen LogP contribution in [0.5, 0.6) is 0 Å². The Morgan fingerprint density at radius 1 is 0.957 bits per heavy atom. The molecule has 0 spiro atoms. The molecule has 0 aliphatic heterocycles. The highest BCUT2D eigenvalue weighted by Gasteiger charge is 2.67. The molecule has 2 fully saturated rings. The standard InChI is InChI=1S/C19H32O4/c1-4-7-11-22-17(20)19(18(21)23-12-8-5-2)15-10-9-14(13-15)16(19)6-3/h14-16H,4-13H2,1-3H3. The van der Waals surface area contributed by atoms with E-state index in [-0.39, 0.29) is 23.8 Å². The molecule has 3 unspecified atom stereocenters. The second kappa shape index (κ2) is 8.16. The molecule has 132 valence electrons. The van der Waals surface area contributed by atoms with Crippen LogP contribution in [0.3, 0.4) is 0 Å². The second-order valence-electron chi connectivity index (χ2n) is 7.13. The summed E-state index contributed by atoms with van der Waals surface area (Å²) < 4.78 is 11.1. The highest BCUT2D eigenvalue weighted by Crippen LogP contribution is 2.61. The Morgan fingerprint density at radius 3 is 2.00 bits per heavy atom. The van der Waals surface area contributed by atoms with E-state index in [0.29, 0.717) is 19.1 Å². The number of esters is 2. The van der Waals surface area contributed by atoms with Gasteiger partial charge in [0.1, 0.15) is 0 Å². The Kier molecular flexibility index (Phi) is 6.49. The molecule has 4 nitrogen and oxygen atoms in total. The summed E-state index contributed by atoms with van der Waals surface area (Å²) in [5.41, 5.74) is -1.03. The van der Waals surface area contributed by atoms with E-state index in [4.69, 9.17) is 9.47 Å². The fraction of sp³-hybridized carbons (Fsp3) is 0.895. The zero-order valence-corrected chi connectivity index (χ0v) is 14.9. The molecule has 3 atom stereocenters. The molecule has 0 amide bonds. The molecule has 0 aromatic rings. The first-order valence-electron chi connectivity index (χ1n) is 9.47. The van der Waals surface area contributed by atoms with Gasteiger partial charge in [-0.3, -0.25) is 9.59 Å². The fourth-order valence-electron chi connectivity index (χ4n) is 4.70. The third-order valence-electron chi connectivity index (χ3n) is 5.85. The Labute approximate surface area is 140 Å². The highest BCUT2D eigenvalue weighted by atomic mass is 16.6. The summed E-state index contributed by atoms with van der Waals surface area (Å²) in [6.07, 6.45) is 7.55. The van der Waals surface area contributed by atoms with Crippen LogP contribution in [0.1, 0.15) is 72.1 Å². The number of carbonyl (C=O) groups excluding carboxylic acids is 2. The van der Waals surface area contributed by atoms with Crippen LogP contribution in [0.4, 0.5) is 0 Å². The molecule has 2 saturated carbocycles. The first-order chi connectivity index (χ1) is 11.1. The Morgan fingerprint density at radius 2 is 1.52 bits per heavy atom. The van der Waals surface area contributed by atoms with E-state index in [0.717, 1.165) is 51.4 Å². The van der Waals surface area contributed by atoms with Gasteiger partial charge in [-0.1, -0.05) is 40.0 Å². The molecule has 0 N–H and O–H groups in total. The van der Waals surface area contributed by atoms with Crippen LogP contribution < -0.4 is 0 Å². The van der Waals surface area contributed by atoms with E-state index in [9.17, 15) is 9.59 Å². The molecular weight excluding hydrogens is 292 g/mol. The number of carbonyl (C=O) groups is 2. The normalized spacial score (nSPS) is 27.9. The Bertz CT molecular complexity index is 396. The smallest absolute Gasteiger partial charge is 0.324 e. The van der Waals surface area contributed by atoms with Gasteiger partial charge in [0.2, 0.25) is 0 Å². The lowest BCUT2D eigenvalue weighted by Crippen LogP contribution is -2.51. The van der Waals surface area contributed by atoms with Crippen molar-refractivity contribution in [2.75, 3.05) is 13.2 Å². The van der Waals surface area contributed by atoms with Gasteiger partial charge in [-0.15, -0.1) is 0 Å². The minimum atomic E-state index is -1.03. The van der Waals surface area contributed by atoms with Crippen LogP contribution in [0, 0.1) is 23.2 Å². The maximum Gasteiger partial charge on any atom is 0.324 e. The average molecular weight is 324 g/mol. The van der Waals surface area contributed by atoms with Crippen molar-refractivity contribution >= 4 is 11.9 Å². The third-order valence-corrected chi connectivity index (χ3v) is 5.85. The minimum absolute atomic E-state index is 0.0875. The van der Waals surface area contributed by atoms with E-state index in [2.05, 4.69) is 20.8 Å². The van der Waals surface area contributed by atoms with Gasteiger partial charge in [0.25, 0.3) is 0 Å². The van der Waals surface area contributed by atoms with E-state index >= 15 is 0 Å². The SMILES string of the molecule is CCCCOC(=O)C1(C(=O)OCCCC)C2CCC(C2)C1CC. The molecule has 0 saturated heterocycles. The molecule has 0 aromatic carbocycles. The fourth-order valence-corrected chi connectivity index (χ4v) is 4.70. The summed E-state index contributed by atoms with van der Waals surface area (Å²) in [6, 6.07) is 0. The first-order valence-corrected chi connectivity index (χ1v) is 9.47. The Balaban J connectivity index is 2.20. The maximum atomic E-state index is 13.0. The summed E-state index contributed by atoms with van der Waals surface area (Å²) in [5.74, 6) is 0.0469. The number of unbranched alkanes of at least 4 members (excludes halogenated alkanes) is 2. The Hall–Kier alpha value is -1.06. The molecule has 2 bridgehead atoms. The monoisotopic (exact) mass is 324 g/mol. The van der Waals surface area contributed by atoms with Crippen molar-refractivity contribution < 1.29 is 19.1 Å². The van der Waals surface area contributed by atoms with Crippen LogP contribution in [0.25, 0.3) is 0 Å². The van der Waals surface area contributed by atoms with Gasteiger partial charge in [0, 0.05) is 0 Å². The van der Waals surface area contributed by atoms with Crippen molar-refractivity contribution in [3.8, 4) is 0 Å². The zero-order chi connectivity index (χ0) is 16.9. The molecule has 4 heteroatoms. The molecule has 2 rings (SSSR count). The number of fused-ring (bicyclic) bond motifs is 2. The molecule has 2 aliphatic rings. The van der Waals surface area contributed by atoms with Crippen LogP contribution in [-0.2, 0) is 19.1 Å². The van der Waals surface area contributed by atoms with E-state index in [1.807, 2.05) is 0 Å².